The van der Waals surface area contributed by atoms with E-state index in [0.29, 0.717) is 5.56 Å². The molecule has 108 valence electrons. The molecule has 0 aromatic heterocycles. The maximum atomic E-state index is 12.1. The summed E-state index contributed by atoms with van der Waals surface area (Å²) in [7, 11) is 0. The molecule has 0 heterocycles. The summed E-state index contributed by atoms with van der Waals surface area (Å²) in [5.41, 5.74) is 2.78. The zero-order valence-corrected chi connectivity index (χ0v) is 12.7. The van der Waals surface area contributed by atoms with Crippen molar-refractivity contribution in [1.29, 1.82) is 0 Å². The van der Waals surface area contributed by atoms with Gasteiger partial charge in [-0.05, 0) is 50.6 Å². The Balaban J connectivity index is 2.05. The van der Waals surface area contributed by atoms with Crippen molar-refractivity contribution in [2.24, 2.45) is 0 Å². The molecule has 2 nitrogen and oxygen atoms in total. The number of allylic oxidation sites excluding steroid dienone is 1. The smallest absolute Gasteiger partial charge is 0.185 e. The van der Waals surface area contributed by atoms with E-state index < -0.39 is 0 Å². The average molecular weight is 280 g/mol. The van der Waals surface area contributed by atoms with E-state index in [-0.39, 0.29) is 11.9 Å². The Morgan fingerprint density at radius 3 is 2.43 bits per heavy atom. The van der Waals surface area contributed by atoms with E-state index in [1.165, 1.54) is 0 Å². The lowest BCUT2D eigenvalue weighted by atomic mass is 10.1. The van der Waals surface area contributed by atoms with Crippen LogP contribution in [-0.4, -0.2) is 11.9 Å². The molecule has 2 heteroatoms. The maximum Gasteiger partial charge on any atom is 0.185 e. The topological polar surface area (TPSA) is 26.3 Å². The zero-order chi connectivity index (χ0) is 15.2. The molecule has 0 unspecified atom stereocenters. The van der Waals surface area contributed by atoms with Crippen LogP contribution in [0.4, 0.5) is 0 Å². The highest BCUT2D eigenvalue weighted by molar-refractivity contribution is 6.06. The number of carbonyl (C=O) groups excluding carboxylic acids is 1. The van der Waals surface area contributed by atoms with Gasteiger partial charge in [0.05, 0.1) is 6.10 Å². The third kappa shape index (κ3) is 4.60. The van der Waals surface area contributed by atoms with Crippen LogP contribution in [0.15, 0.2) is 54.6 Å². The molecule has 21 heavy (non-hydrogen) atoms. The van der Waals surface area contributed by atoms with Crippen molar-refractivity contribution in [3.05, 3.63) is 71.3 Å². The molecule has 2 aromatic carbocycles. The molecule has 0 saturated carbocycles. The van der Waals surface area contributed by atoms with Crippen LogP contribution in [0, 0.1) is 6.92 Å². The van der Waals surface area contributed by atoms with Gasteiger partial charge in [-0.2, -0.15) is 0 Å². The van der Waals surface area contributed by atoms with Crippen molar-refractivity contribution in [3.8, 4) is 5.75 Å². The van der Waals surface area contributed by atoms with Crippen LogP contribution < -0.4 is 4.74 Å². The van der Waals surface area contributed by atoms with Crippen molar-refractivity contribution in [1.82, 2.24) is 0 Å². The fourth-order valence-electron chi connectivity index (χ4n) is 2.00. The standard InChI is InChI=1S/C19H20O2/c1-14(2)21-18-10-7-16(8-11-18)9-12-19(20)17-6-4-5-15(3)13-17/h4-14H,1-3H3/b12-9+. The molecule has 2 aromatic rings. The van der Waals surface area contributed by atoms with Crippen LogP contribution >= 0.6 is 0 Å². The van der Waals surface area contributed by atoms with E-state index in [2.05, 4.69) is 0 Å². The Morgan fingerprint density at radius 2 is 1.81 bits per heavy atom. The Bertz CT molecular complexity index is 637. The number of ether oxygens (including phenoxy) is 1. The van der Waals surface area contributed by atoms with Gasteiger partial charge in [0, 0.05) is 5.56 Å². The van der Waals surface area contributed by atoms with E-state index in [4.69, 9.17) is 4.74 Å². The zero-order valence-electron chi connectivity index (χ0n) is 12.7. The summed E-state index contributed by atoms with van der Waals surface area (Å²) in [4.78, 5) is 12.1. The molecule has 2 rings (SSSR count). The number of ketones is 1. The summed E-state index contributed by atoms with van der Waals surface area (Å²) < 4.78 is 5.59. The summed E-state index contributed by atoms with van der Waals surface area (Å²) in [6.07, 6.45) is 3.59. The molecular formula is C19H20O2. The number of aryl methyl sites for hydroxylation is 1. The molecular weight excluding hydrogens is 260 g/mol. The van der Waals surface area contributed by atoms with E-state index in [0.717, 1.165) is 16.9 Å². The van der Waals surface area contributed by atoms with Crippen LogP contribution in [0.3, 0.4) is 0 Å². The van der Waals surface area contributed by atoms with Crippen molar-refractivity contribution in [2.45, 2.75) is 26.9 Å². The minimum absolute atomic E-state index is 0.0150. The number of rotatable bonds is 5. The molecule has 0 aliphatic carbocycles. The molecule has 0 aliphatic heterocycles. The highest BCUT2D eigenvalue weighted by Gasteiger charge is 2.01. The van der Waals surface area contributed by atoms with Gasteiger partial charge in [-0.3, -0.25) is 4.79 Å². The molecule has 0 saturated heterocycles. The fourth-order valence-corrected chi connectivity index (χ4v) is 2.00. The Labute approximate surface area is 126 Å². The lowest BCUT2D eigenvalue weighted by Gasteiger charge is -2.09. The summed E-state index contributed by atoms with van der Waals surface area (Å²) in [5.74, 6) is 0.855. The SMILES string of the molecule is Cc1cccc(C(=O)/C=C/c2ccc(OC(C)C)cc2)c1. The lowest BCUT2D eigenvalue weighted by molar-refractivity contribution is 0.104. The summed E-state index contributed by atoms with van der Waals surface area (Å²) in [5, 5.41) is 0. The largest absolute Gasteiger partial charge is 0.491 e. The van der Waals surface area contributed by atoms with Gasteiger partial charge in [0.15, 0.2) is 5.78 Å². The quantitative estimate of drug-likeness (QED) is 0.587. The van der Waals surface area contributed by atoms with Crippen LogP contribution in [0.1, 0.15) is 35.3 Å². The number of hydrogen-bond donors (Lipinski definition) is 0. The van der Waals surface area contributed by atoms with Crippen LogP contribution in [0.5, 0.6) is 5.75 Å². The van der Waals surface area contributed by atoms with E-state index in [9.17, 15) is 4.79 Å². The number of benzene rings is 2. The van der Waals surface area contributed by atoms with Gasteiger partial charge < -0.3 is 4.74 Å². The number of hydrogen-bond acceptors (Lipinski definition) is 2. The van der Waals surface area contributed by atoms with Crippen LogP contribution in [0.2, 0.25) is 0 Å². The molecule has 0 aliphatic rings. The van der Waals surface area contributed by atoms with Crippen LogP contribution in [-0.2, 0) is 0 Å². The predicted molar refractivity (Wildman–Crippen MR) is 86.7 cm³/mol. The predicted octanol–water partition coefficient (Wildman–Crippen LogP) is 4.68. The second-order valence-electron chi connectivity index (χ2n) is 5.30. The first-order chi connectivity index (χ1) is 10.0. The number of carbonyl (C=O) groups is 1. The van der Waals surface area contributed by atoms with Crippen molar-refractivity contribution in [3.63, 3.8) is 0 Å². The van der Waals surface area contributed by atoms with Gasteiger partial charge in [-0.25, -0.2) is 0 Å². The summed E-state index contributed by atoms with van der Waals surface area (Å²) in [6, 6.07) is 15.3. The normalized spacial score (nSPS) is 11.0. The van der Waals surface area contributed by atoms with Gasteiger partial charge in [-0.1, -0.05) is 42.0 Å². The second kappa shape index (κ2) is 6.89. The molecule has 0 atom stereocenters. The minimum Gasteiger partial charge on any atom is -0.491 e. The van der Waals surface area contributed by atoms with Crippen molar-refractivity contribution >= 4 is 11.9 Å². The molecule has 0 radical (unpaired) electrons. The van der Waals surface area contributed by atoms with Gasteiger partial charge in [-0.15, -0.1) is 0 Å². The highest BCUT2D eigenvalue weighted by Crippen LogP contribution is 2.15. The summed E-state index contributed by atoms with van der Waals surface area (Å²) >= 11 is 0. The second-order valence-corrected chi connectivity index (χ2v) is 5.30. The monoisotopic (exact) mass is 280 g/mol. The van der Waals surface area contributed by atoms with E-state index >= 15 is 0 Å². The first-order valence-electron chi connectivity index (χ1n) is 7.10. The first kappa shape index (κ1) is 15.0. The van der Waals surface area contributed by atoms with E-state index in [1.807, 2.05) is 75.4 Å². The molecule has 0 bridgehead atoms. The lowest BCUT2D eigenvalue weighted by Crippen LogP contribution is -2.05. The first-order valence-corrected chi connectivity index (χ1v) is 7.10. The Morgan fingerprint density at radius 1 is 1.10 bits per heavy atom. The summed E-state index contributed by atoms with van der Waals surface area (Å²) in [6.45, 7) is 5.97. The highest BCUT2D eigenvalue weighted by atomic mass is 16.5. The fraction of sp³-hybridized carbons (Fsp3) is 0.211. The molecule has 0 spiro atoms. The molecule has 0 amide bonds. The van der Waals surface area contributed by atoms with Gasteiger partial charge in [0.1, 0.15) is 5.75 Å². The van der Waals surface area contributed by atoms with Crippen LogP contribution in [0.25, 0.3) is 6.08 Å². The van der Waals surface area contributed by atoms with Gasteiger partial charge in [0.2, 0.25) is 0 Å². The Kier molecular flexibility index (Phi) is 4.94. The molecule has 0 N–H and O–H groups in total. The van der Waals surface area contributed by atoms with Crippen molar-refractivity contribution in [2.75, 3.05) is 0 Å². The minimum atomic E-state index is 0.0150. The third-order valence-electron chi connectivity index (χ3n) is 2.98. The van der Waals surface area contributed by atoms with E-state index in [1.54, 1.807) is 6.08 Å². The maximum absolute atomic E-state index is 12.1. The Hall–Kier alpha value is -2.35. The molecule has 0 fully saturated rings. The van der Waals surface area contributed by atoms with Gasteiger partial charge >= 0.3 is 0 Å². The van der Waals surface area contributed by atoms with Gasteiger partial charge in [0.25, 0.3) is 0 Å². The van der Waals surface area contributed by atoms with Crippen molar-refractivity contribution < 1.29 is 9.53 Å². The third-order valence-corrected chi connectivity index (χ3v) is 2.98. The average Bonchev–Trinajstić information content (AvgIpc) is 2.45.